The molecule has 1 rings (SSSR count). The van der Waals surface area contributed by atoms with Gasteiger partial charge in [-0.1, -0.05) is 29.8 Å². The molecule has 0 fully saturated rings. The molecular formula is C15H22N2O. The first-order valence-electron chi connectivity index (χ1n) is 6.23. The molecule has 0 aliphatic heterocycles. The Hall–Kier alpha value is -1.61. The Morgan fingerprint density at radius 3 is 2.78 bits per heavy atom. The van der Waals surface area contributed by atoms with Crippen molar-refractivity contribution < 1.29 is 4.79 Å². The number of carbonyl (C=O) groups excluding carboxylic acids is 1. The summed E-state index contributed by atoms with van der Waals surface area (Å²) in [4.78, 5) is 11.7. The largest absolute Gasteiger partial charge is 0.353 e. The first-order valence-corrected chi connectivity index (χ1v) is 6.23. The standard InChI is InChI=1S/C15H22N2O/c1-4-7-17-15(18)9-13(10-16)14-6-5-11(2)8-12(14)3/h4-6,8,13H,1,7,9-10,16H2,2-3H3,(H,17,18). The summed E-state index contributed by atoms with van der Waals surface area (Å²) in [6, 6.07) is 6.26. The Morgan fingerprint density at radius 1 is 1.50 bits per heavy atom. The van der Waals surface area contributed by atoms with Crippen LogP contribution in [0, 0.1) is 13.8 Å². The van der Waals surface area contributed by atoms with Gasteiger partial charge in [0.1, 0.15) is 0 Å². The molecule has 1 aromatic carbocycles. The number of carbonyl (C=O) groups is 1. The summed E-state index contributed by atoms with van der Waals surface area (Å²) >= 11 is 0. The van der Waals surface area contributed by atoms with Crippen molar-refractivity contribution >= 4 is 5.91 Å². The van der Waals surface area contributed by atoms with Crippen molar-refractivity contribution in [1.82, 2.24) is 5.32 Å². The number of rotatable bonds is 6. The van der Waals surface area contributed by atoms with E-state index in [2.05, 4.69) is 43.9 Å². The van der Waals surface area contributed by atoms with E-state index in [0.717, 1.165) is 5.56 Å². The maximum atomic E-state index is 11.7. The quantitative estimate of drug-likeness (QED) is 0.755. The minimum Gasteiger partial charge on any atom is -0.353 e. The van der Waals surface area contributed by atoms with Gasteiger partial charge in [0.05, 0.1) is 0 Å². The molecule has 1 atom stereocenters. The number of nitrogens with two attached hydrogens (primary N) is 1. The number of hydrogen-bond donors (Lipinski definition) is 2. The van der Waals surface area contributed by atoms with Crippen molar-refractivity contribution in [3.8, 4) is 0 Å². The number of nitrogens with one attached hydrogen (secondary N) is 1. The molecule has 3 heteroatoms. The lowest BCUT2D eigenvalue weighted by Gasteiger charge is -2.17. The van der Waals surface area contributed by atoms with E-state index in [1.807, 2.05) is 0 Å². The van der Waals surface area contributed by atoms with Crippen LogP contribution in [0.4, 0.5) is 0 Å². The number of amides is 1. The molecule has 0 saturated carbocycles. The summed E-state index contributed by atoms with van der Waals surface area (Å²) in [6.45, 7) is 8.68. The summed E-state index contributed by atoms with van der Waals surface area (Å²) in [5.41, 5.74) is 9.37. The second kappa shape index (κ2) is 6.97. The highest BCUT2D eigenvalue weighted by Crippen LogP contribution is 2.23. The first-order chi connectivity index (χ1) is 8.58. The average molecular weight is 246 g/mol. The van der Waals surface area contributed by atoms with Crippen molar-refractivity contribution in [3.05, 3.63) is 47.5 Å². The average Bonchev–Trinajstić information content (AvgIpc) is 2.34. The van der Waals surface area contributed by atoms with Crippen LogP contribution in [0.2, 0.25) is 0 Å². The molecule has 1 aromatic rings. The predicted octanol–water partition coefficient (Wildman–Crippen LogP) is 2.04. The zero-order valence-corrected chi connectivity index (χ0v) is 11.2. The third kappa shape index (κ3) is 4.00. The molecule has 98 valence electrons. The van der Waals surface area contributed by atoms with Gasteiger partial charge in [0.2, 0.25) is 5.91 Å². The molecule has 1 amide bonds. The topological polar surface area (TPSA) is 55.1 Å². The lowest BCUT2D eigenvalue weighted by molar-refractivity contribution is -0.121. The Balaban J connectivity index is 2.76. The van der Waals surface area contributed by atoms with Gasteiger partial charge in [-0.2, -0.15) is 0 Å². The van der Waals surface area contributed by atoms with Crippen LogP contribution < -0.4 is 11.1 Å². The molecule has 3 nitrogen and oxygen atoms in total. The Bertz CT molecular complexity index is 427. The molecule has 0 saturated heterocycles. The Labute approximate surface area is 109 Å². The van der Waals surface area contributed by atoms with Crippen LogP contribution in [0.25, 0.3) is 0 Å². The monoisotopic (exact) mass is 246 g/mol. The Morgan fingerprint density at radius 2 is 2.22 bits per heavy atom. The molecule has 0 radical (unpaired) electrons. The van der Waals surface area contributed by atoms with E-state index in [0.29, 0.717) is 19.5 Å². The zero-order chi connectivity index (χ0) is 13.5. The molecule has 3 N–H and O–H groups in total. The highest BCUT2D eigenvalue weighted by molar-refractivity contribution is 5.77. The highest BCUT2D eigenvalue weighted by Gasteiger charge is 2.16. The summed E-state index contributed by atoms with van der Waals surface area (Å²) in [5.74, 6) is 0.0979. The number of hydrogen-bond acceptors (Lipinski definition) is 2. The maximum Gasteiger partial charge on any atom is 0.220 e. The van der Waals surface area contributed by atoms with Gasteiger partial charge >= 0.3 is 0 Å². The number of benzene rings is 1. The molecular weight excluding hydrogens is 224 g/mol. The fraction of sp³-hybridized carbons (Fsp3) is 0.400. The normalized spacial score (nSPS) is 11.9. The molecule has 0 aliphatic carbocycles. The fourth-order valence-corrected chi connectivity index (χ4v) is 2.09. The second-order valence-corrected chi connectivity index (χ2v) is 4.59. The number of aryl methyl sites for hydroxylation is 2. The van der Waals surface area contributed by atoms with E-state index >= 15 is 0 Å². The zero-order valence-electron chi connectivity index (χ0n) is 11.2. The van der Waals surface area contributed by atoms with Crippen LogP contribution in [-0.4, -0.2) is 19.0 Å². The van der Waals surface area contributed by atoms with E-state index < -0.39 is 0 Å². The smallest absolute Gasteiger partial charge is 0.220 e. The van der Waals surface area contributed by atoms with Gasteiger partial charge in [0.15, 0.2) is 0 Å². The van der Waals surface area contributed by atoms with Crippen LogP contribution in [0.1, 0.15) is 29.0 Å². The van der Waals surface area contributed by atoms with E-state index in [-0.39, 0.29) is 11.8 Å². The van der Waals surface area contributed by atoms with E-state index in [9.17, 15) is 4.79 Å². The molecule has 0 spiro atoms. The molecule has 18 heavy (non-hydrogen) atoms. The summed E-state index contributed by atoms with van der Waals surface area (Å²) in [6.07, 6.45) is 2.10. The van der Waals surface area contributed by atoms with E-state index in [1.165, 1.54) is 11.1 Å². The lowest BCUT2D eigenvalue weighted by atomic mass is 9.91. The lowest BCUT2D eigenvalue weighted by Crippen LogP contribution is -2.27. The van der Waals surface area contributed by atoms with Gasteiger partial charge in [0.25, 0.3) is 0 Å². The van der Waals surface area contributed by atoms with E-state index in [1.54, 1.807) is 6.08 Å². The minimum atomic E-state index is 0.0188. The fourth-order valence-electron chi connectivity index (χ4n) is 2.09. The minimum absolute atomic E-state index is 0.0188. The van der Waals surface area contributed by atoms with Gasteiger partial charge in [-0.05, 0) is 31.5 Å². The van der Waals surface area contributed by atoms with Crippen LogP contribution in [0.15, 0.2) is 30.9 Å². The highest BCUT2D eigenvalue weighted by atomic mass is 16.1. The van der Waals surface area contributed by atoms with E-state index in [4.69, 9.17) is 5.73 Å². The van der Waals surface area contributed by atoms with Crippen molar-refractivity contribution in [2.75, 3.05) is 13.1 Å². The SMILES string of the molecule is C=CCNC(=O)CC(CN)c1ccc(C)cc1C. The van der Waals surface area contributed by atoms with Crippen LogP contribution in [-0.2, 0) is 4.79 Å². The van der Waals surface area contributed by atoms with Gasteiger partial charge in [0, 0.05) is 18.9 Å². The van der Waals surface area contributed by atoms with Crippen LogP contribution in [0.3, 0.4) is 0 Å². The molecule has 0 aliphatic rings. The van der Waals surface area contributed by atoms with Crippen molar-refractivity contribution in [2.24, 2.45) is 5.73 Å². The molecule has 0 bridgehead atoms. The maximum absolute atomic E-state index is 11.7. The van der Waals surface area contributed by atoms with Gasteiger partial charge in [-0.3, -0.25) is 4.79 Å². The third-order valence-electron chi connectivity index (χ3n) is 3.03. The summed E-state index contributed by atoms with van der Waals surface area (Å²) in [5, 5.41) is 2.79. The van der Waals surface area contributed by atoms with Gasteiger partial charge in [-0.25, -0.2) is 0 Å². The van der Waals surface area contributed by atoms with Crippen molar-refractivity contribution in [1.29, 1.82) is 0 Å². The van der Waals surface area contributed by atoms with Gasteiger partial charge in [-0.15, -0.1) is 6.58 Å². The van der Waals surface area contributed by atoms with Crippen molar-refractivity contribution in [3.63, 3.8) is 0 Å². The van der Waals surface area contributed by atoms with Crippen LogP contribution >= 0.6 is 0 Å². The van der Waals surface area contributed by atoms with Crippen LogP contribution in [0.5, 0.6) is 0 Å². The molecule has 1 unspecified atom stereocenters. The summed E-state index contributed by atoms with van der Waals surface area (Å²) in [7, 11) is 0. The van der Waals surface area contributed by atoms with Gasteiger partial charge < -0.3 is 11.1 Å². The summed E-state index contributed by atoms with van der Waals surface area (Å²) < 4.78 is 0. The van der Waals surface area contributed by atoms with Crippen molar-refractivity contribution in [2.45, 2.75) is 26.2 Å². The third-order valence-corrected chi connectivity index (χ3v) is 3.03. The first kappa shape index (κ1) is 14.5. The molecule has 0 heterocycles. The Kier molecular flexibility index (Phi) is 5.59. The molecule has 0 aromatic heterocycles. The predicted molar refractivity (Wildman–Crippen MR) is 75.5 cm³/mol. The second-order valence-electron chi connectivity index (χ2n) is 4.59.